The Morgan fingerprint density at radius 3 is 2.80 bits per heavy atom. The number of nitrogens with zero attached hydrogens (tertiary/aromatic N) is 3. The van der Waals surface area contributed by atoms with Gasteiger partial charge in [0, 0.05) is 24.0 Å². The highest BCUT2D eigenvalue weighted by Crippen LogP contribution is 2.24. The molecule has 108 valence electrons. The standard InChI is InChI=1S/C15H22N4O/c1-5-13(17-6-2)11(4)15-18-14(19-20-15)12-9-16-8-7-10(12)3/h7-9,11,13,17H,5-6H2,1-4H3. The summed E-state index contributed by atoms with van der Waals surface area (Å²) in [7, 11) is 0. The minimum absolute atomic E-state index is 0.193. The third kappa shape index (κ3) is 3.04. The van der Waals surface area contributed by atoms with Gasteiger partial charge in [0.2, 0.25) is 11.7 Å². The van der Waals surface area contributed by atoms with Crippen LogP contribution in [0, 0.1) is 6.92 Å². The number of aryl methyl sites for hydroxylation is 1. The van der Waals surface area contributed by atoms with Crippen LogP contribution in [0.5, 0.6) is 0 Å². The van der Waals surface area contributed by atoms with E-state index >= 15 is 0 Å². The summed E-state index contributed by atoms with van der Waals surface area (Å²) in [5.74, 6) is 1.48. The summed E-state index contributed by atoms with van der Waals surface area (Å²) in [6.07, 6.45) is 4.57. The molecule has 0 aliphatic carbocycles. The summed E-state index contributed by atoms with van der Waals surface area (Å²) in [5, 5.41) is 7.54. The molecule has 2 unspecified atom stereocenters. The second kappa shape index (κ2) is 6.61. The van der Waals surface area contributed by atoms with Crippen molar-refractivity contribution in [3.63, 3.8) is 0 Å². The Bertz CT molecular complexity index is 552. The molecule has 2 atom stereocenters. The summed E-state index contributed by atoms with van der Waals surface area (Å²) in [6, 6.07) is 2.30. The van der Waals surface area contributed by atoms with Crippen molar-refractivity contribution in [1.82, 2.24) is 20.4 Å². The quantitative estimate of drug-likeness (QED) is 0.877. The number of likely N-dealkylation sites (N-methyl/N-ethyl adjacent to an activating group) is 1. The van der Waals surface area contributed by atoms with Gasteiger partial charge >= 0.3 is 0 Å². The molecule has 5 heteroatoms. The highest BCUT2D eigenvalue weighted by molar-refractivity contribution is 5.57. The van der Waals surface area contributed by atoms with Crippen LogP contribution < -0.4 is 5.32 Å². The lowest BCUT2D eigenvalue weighted by molar-refractivity contribution is 0.321. The Labute approximate surface area is 119 Å². The van der Waals surface area contributed by atoms with E-state index in [0.29, 0.717) is 17.8 Å². The summed E-state index contributed by atoms with van der Waals surface area (Å²) in [5.41, 5.74) is 2.02. The fraction of sp³-hybridized carbons (Fsp3) is 0.533. The number of nitrogens with one attached hydrogen (secondary N) is 1. The Kier molecular flexibility index (Phi) is 4.84. The molecule has 0 bridgehead atoms. The monoisotopic (exact) mass is 274 g/mol. The van der Waals surface area contributed by atoms with Crippen LogP contribution in [0.25, 0.3) is 11.4 Å². The van der Waals surface area contributed by atoms with E-state index in [9.17, 15) is 0 Å². The van der Waals surface area contributed by atoms with Crippen molar-refractivity contribution in [3.05, 3.63) is 29.9 Å². The van der Waals surface area contributed by atoms with Crippen LogP contribution in [0.1, 0.15) is 44.6 Å². The zero-order valence-electron chi connectivity index (χ0n) is 12.6. The predicted octanol–water partition coefficient (Wildman–Crippen LogP) is 2.93. The molecule has 0 saturated heterocycles. The van der Waals surface area contributed by atoms with Crippen molar-refractivity contribution in [2.24, 2.45) is 0 Å². The van der Waals surface area contributed by atoms with Gasteiger partial charge in [0.15, 0.2) is 0 Å². The topological polar surface area (TPSA) is 63.8 Å². The normalized spacial score (nSPS) is 14.2. The van der Waals surface area contributed by atoms with Gasteiger partial charge in [-0.3, -0.25) is 4.98 Å². The number of aromatic nitrogens is 3. The van der Waals surface area contributed by atoms with Gasteiger partial charge in [0.25, 0.3) is 0 Å². The van der Waals surface area contributed by atoms with Crippen LogP contribution in [-0.4, -0.2) is 27.7 Å². The van der Waals surface area contributed by atoms with Crippen molar-refractivity contribution in [2.75, 3.05) is 6.54 Å². The molecule has 2 aromatic heterocycles. The van der Waals surface area contributed by atoms with E-state index in [1.54, 1.807) is 12.4 Å². The molecular formula is C15H22N4O. The van der Waals surface area contributed by atoms with Gasteiger partial charge in [0.05, 0.1) is 5.92 Å². The van der Waals surface area contributed by atoms with Gasteiger partial charge in [-0.25, -0.2) is 0 Å². The van der Waals surface area contributed by atoms with Crippen molar-refractivity contribution >= 4 is 0 Å². The highest BCUT2D eigenvalue weighted by atomic mass is 16.5. The molecule has 0 spiro atoms. The maximum atomic E-state index is 5.44. The summed E-state index contributed by atoms with van der Waals surface area (Å²) in [6.45, 7) is 9.33. The molecule has 2 rings (SSSR count). The number of pyridine rings is 1. The number of hydrogen-bond donors (Lipinski definition) is 1. The zero-order valence-corrected chi connectivity index (χ0v) is 12.6. The first-order chi connectivity index (χ1) is 9.67. The van der Waals surface area contributed by atoms with Crippen molar-refractivity contribution in [2.45, 2.75) is 46.1 Å². The summed E-state index contributed by atoms with van der Waals surface area (Å²) in [4.78, 5) is 8.66. The Balaban J connectivity index is 2.22. The van der Waals surface area contributed by atoms with Gasteiger partial charge in [-0.1, -0.05) is 25.9 Å². The molecule has 0 aliphatic rings. The first-order valence-corrected chi connectivity index (χ1v) is 7.15. The first kappa shape index (κ1) is 14.7. The third-order valence-corrected chi connectivity index (χ3v) is 3.62. The predicted molar refractivity (Wildman–Crippen MR) is 78.4 cm³/mol. The van der Waals surface area contributed by atoms with E-state index in [4.69, 9.17) is 4.52 Å². The fourth-order valence-corrected chi connectivity index (χ4v) is 2.34. The fourth-order valence-electron chi connectivity index (χ4n) is 2.34. The van der Waals surface area contributed by atoms with Gasteiger partial charge in [0.1, 0.15) is 0 Å². The van der Waals surface area contributed by atoms with Crippen LogP contribution in [-0.2, 0) is 0 Å². The van der Waals surface area contributed by atoms with Crippen LogP contribution in [0.2, 0.25) is 0 Å². The van der Waals surface area contributed by atoms with Crippen LogP contribution >= 0.6 is 0 Å². The first-order valence-electron chi connectivity index (χ1n) is 7.15. The Morgan fingerprint density at radius 1 is 1.35 bits per heavy atom. The van der Waals surface area contributed by atoms with E-state index in [1.807, 2.05) is 13.0 Å². The molecule has 1 N–H and O–H groups in total. The Hall–Kier alpha value is -1.75. The lowest BCUT2D eigenvalue weighted by Crippen LogP contribution is -2.33. The molecule has 0 amide bonds. The van der Waals surface area contributed by atoms with E-state index in [2.05, 4.69) is 41.2 Å². The molecule has 20 heavy (non-hydrogen) atoms. The SMILES string of the molecule is CCNC(CC)C(C)c1nc(-c2cnccc2C)no1. The molecule has 0 saturated carbocycles. The van der Waals surface area contributed by atoms with Crippen molar-refractivity contribution < 1.29 is 4.52 Å². The largest absolute Gasteiger partial charge is 0.339 e. The smallest absolute Gasteiger partial charge is 0.231 e. The maximum Gasteiger partial charge on any atom is 0.231 e. The minimum atomic E-state index is 0.193. The molecule has 2 aromatic rings. The van der Waals surface area contributed by atoms with Gasteiger partial charge in [-0.15, -0.1) is 0 Å². The number of hydrogen-bond acceptors (Lipinski definition) is 5. The van der Waals surface area contributed by atoms with Gasteiger partial charge < -0.3 is 9.84 Å². The van der Waals surface area contributed by atoms with Crippen LogP contribution in [0.4, 0.5) is 0 Å². The number of rotatable bonds is 6. The van der Waals surface area contributed by atoms with Crippen LogP contribution in [0.15, 0.2) is 23.0 Å². The second-order valence-electron chi connectivity index (χ2n) is 5.01. The average Bonchev–Trinajstić information content (AvgIpc) is 2.94. The van der Waals surface area contributed by atoms with E-state index in [-0.39, 0.29) is 5.92 Å². The average molecular weight is 274 g/mol. The molecular weight excluding hydrogens is 252 g/mol. The molecule has 0 radical (unpaired) electrons. The van der Waals surface area contributed by atoms with E-state index in [1.165, 1.54) is 0 Å². The lowest BCUT2D eigenvalue weighted by atomic mass is 9.99. The molecule has 0 aromatic carbocycles. The second-order valence-corrected chi connectivity index (χ2v) is 5.01. The van der Waals surface area contributed by atoms with Crippen molar-refractivity contribution in [1.29, 1.82) is 0 Å². The van der Waals surface area contributed by atoms with Crippen LogP contribution in [0.3, 0.4) is 0 Å². The van der Waals surface area contributed by atoms with E-state index in [0.717, 1.165) is 24.1 Å². The highest BCUT2D eigenvalue weighted by Gasteiger charge is 2.22. The molecule has 0 aliphatic heterocycles. The third-order valence-electron chi connectivity index (χ3n) is 3.62. The van der Waals surface area contributed by atoms with Gasteiger partial charge in [-0.05, 0) is 31.5 Å². The lowest BCUT2D eigenvalue weighted by Gasteiger charge is -2.20. The van der Waals surface area contributed by atoms with Crippen molar-refractivity contribution in [3.8, 4) is 11.4 Å². The van der Waals surface area contributed by atoms with Gasteiger partial charge in [-0.2, -0.15) is 4.98 Å². The maximum absolute atomic E-state index is 5.44. The molecule has 2 heterocycles. The summed E-state index contributed by atoms with van der Waals surface area (Å²) < 4.78 is 5.44. The summed E-state index contributed by atoms with van der Waals surface area (Å²) >= 11 is 0. The molecule has 0 fully saturated rings. The minimum Gasteiger partial charge on any atom is -0.339 e. The van der Waals surface area contributed by atoms with E-state index < -0.39 is 0 Å². The molecule has 5 nitrogen and oxygen atoms in total. The zero-order chi connectivity index (χ0) is 14.5. The Morgan fingerprint density at radius 2 is 2.15 bits per heavy atom.